The summed E-state index contributed by atoms with van der Waals surface area (Å²) in [6.45, 7) is 14.9. The molecular formula is C13H17N. The topological polar surface area (TPSA) is 12.4 Å². The summed E-state index contributed by atoms with van der Waals surface area (Å²) < 4.78 is 0. The van der Waals surface area contributed by atoms with Crippen LogP contribution in [0.25, 0.3) is 0 Å². The molecule has 0 fully saturated rings. The maximum absolute atomic E-state index is 4.14. The highest BCUT2D eigenvalue weighted by Gasteiger charge is 2.00. The fraction of sp³-hybridized carbons (Fsp3) is 0.154. The lowest BCUT2D eigenvalue weighted by Crippen LogP contribution is -1.97. The second kappa shape index (κ2) is 6.84. The summed E-state index contributed by atoms with van der Waals surface area (Å²) >= 11 is 0. The van der Waals surface area contributed by atoms with Crippen LogP contribution < -0.4 is 0 Å². The van der Waals surface area contributed by atoms with Crippen molar-refractivity contribution in [3.05, 3.63) is 61.4 Å². The van der Waals surface area contributed by atoms with Gasteiger partial charge >= 0.3 is 0 Å². The third kappa shape index (κ3) is 3.40. The van der Waals surface area contributed by atoms with Crippen LogP contribution in [0.5, 0.6) is 0 Å². The Morgan fingerprint density at radius 1 is 1.14 bits per heavy atom. The van der Waals surface area contributed by atoms with E-state index in [0.717, 1.165) is 16.9 Å². The molecule has 0 bridgehead atoms. The highest BCUT2D eigenvalue weighted by Crippen LogP contribution is 2.11. The summed E-state index contributed by atoms with van der Waals surface area (Å²) in [5.74, 6) is 0. The Morgan fingerprint density at radius 3 is 2.07 bits per heavy atom. The van der Waals surface area contributed by atoms with Gasteiger partial charge in [0.05, 0.1) is 0 Å². The minimum absolute atomic E-state index is 0.910. The minimum atomic E-state index is 0.910. The molecular weight excluding hydrogens is 170 g/mol. The van der Waals surface area contributed by atoms with Gasteiger partial charge in [-0.3, -0.25) is 4.99 Å². The normalized spacial score (nSPS) is 11.1. The van der Waals surface area contributed by atoms with Crippen molar-refractivity contribution in [2.75, 3.05) is 0 Å². The summed E-state index contributed by atoms with van der Waals surface area (Å²) in [6.07, 6.45) is 9.02. The molecule has 0 aromatic rings. The van der Waals surface area contributed by atoms with E-state index >= 15 is 0 Å². The van der Waals surface area contributed by atoms with Gasteiger partial charge in [-0.25, -0.2) is 0 Å². The van der Waals surface area contributed by atoms with Crippen molar-refractivity contribution in [1.82, 2.24) is 0 Å². The van der Waals surface area contributed by atoms with Crippen molar-refractivity contribution >= 4 is 5.71 Å². The smallest absolute Gasteiger partial charge is 0.0450 e. The van der Waals surface area contributed by atoms with E-state index in [1.807, 2.05) is 26.0 Å². The fourth-order valence-corrected chi connectivity index (χ4v) is 1.10. The first-order valence-electron chi connectivity index (χ1n) is 4.48. The van der Waals surface area contributed by atoms with E-state index in [4.69, 9.17) is 0 Å². The van der Waals surface area contributed by atoms with Crippen LogP contribution in [0, 0.1) is 0 Å². The maximum Gasteiger partial charge on any atom is 0.0450 e. The van der Waals surface area contributed by atoms with Gasteiger partial charge in [0.25, 0.3) is 0 Å². The zero-order valence-corrected chi connectivity index (χ0v) is 8.96. The molecule has 1 nitrogen and oxygen atoms in total. The molecule has 0 spiro atoms. The van der Waals surface area contributed by atoms with Crippen LogP contribution in [0.1, 0.15) is 13.8 Å². The van der Waals surface area contributed by atoms with Crippen LogP contribution in [-0.2, 0) is 0 Å². The van der Waals surface area contributed by atoms with E-state index < -0.39 is 0 Å². The molecule has 14 heavy (non-hydrogen) atoms. The van der Waals surface area contributed by atoms with Crippen molar-refractivity contribution in [2.45, 2.75) is 13.8 Å². The van der Waals surface area contributed by atoms with Crippen LogP contribution in [0.3, 0.4) is 0 Å². The molecule has 0 N–H and O–H groups in total. The predicted molar refractivity (Wildman–Crippen MR) is 65.5 cm³/mol. The molecule has 0 aliphatic carbocycles. The summed E-state index contributed by atoms with van der Waals surface area (Å²) in [5, 5.41) is 0. The average molecular weight is 187 g/mol. The van der Waals surface area contributed by atoms with Gasteiger partial charge in [0, 0.05) is 17.5 Å². The van der Waals surface area contributed by atoms with Crippen molar-refractivity contribution in [1.29, 1.82) is 0 Å². The van der Waals surface area contributed by atoms with Crippen molar-refractivity contribution in [3.8, 4) is 0 Å². The van der Waals surface area contributed by atoms with Gasteiger partial charge in [0.1, 0.15) is 0 Å². The molecule has 0 rings (SSSR count). The first-order chi connectivity index (χ1) is 6.71. The van der Waals surface area contributed by atoms with E-state index in [1.165, 1.54) is 6.20 Å². The highest BCUT2D eigenvalue weighted by atomic mass is 14.7. The Bertz CT molecular complexity index is 304. The lowest BCUT2D eigenvalue weighted by atomic mass is 10.0. The summed E-state index contributed by atoms with van der Waals surface area (Å²) in [5.41, 5.74) is 2.91. The van der Waals surface area contributed by atoms with E-state index in [0.29, 0.717) is 0 Å². The summed E-state index contributed by atoms with van der Waals surface area (Å²) in [6, 6.07) is 0. The molecule has 0 saturated heterocycles. The maximum atomic E-state index is 4.14. The van der Waals surface area contributed by atoms with E-state index in [1.54, 1.807) is 12.2 Å². The van der Waals surface area contributed by atoms with E-state index in [-0.39, 0.29) is 0 Å². The van der Waals surface area contributed by atoms with Gasteiger partial charge in [-0.2, -0.15) is 0 Å². The van der Waals surface area contributed by atoms with Crippen LogP contribution in [0.15, 0.2) is 66.4 Å². The highest BCUT2D eigenvalue weighted by molar-refractivity contribution is 6.02. The van der Waals surface area contributed by atoms with Crippen LogP contribution in [-0.4, -0.2) is 5.71 Å². The average Bonchev–Trinajstić information content (AvgIpc) is 2.18. The number of hydrogen-bond donors (Lipinski definition) is 0. The third-order valence-electron chi connectivity index (χ3n) is 1.76. The van der Waals surface area contributed by atoms with Gasteiger partial charge in [-0.15, -0.1) is 0 Å². The SMILES string of the molecule is C=C/N=C(/C)C(/C=C\C)=C(C=C)C=C. The molecule has 0 aromatic heterocycles. The first-order valence-corrected chi connectivity index (χ1v) is 4.48. The Labute approximate surface area is 86.6 Å². The number of hydrogen-bond acceptors (Lipinski definition) is 1. The van der Waals surface area contributed by atoms with Gasteiger partial charge in [0.2, 0.25) is 0 Å². The third-order valence-corrected chi connectivity index (χ3v) is 1.76. The lowest BCUT2D eigenvalue weighted by molar-refractivity contribution is 1.49. The molecule has 0 unspecified atom stereocenters. The van der Waals surface area contributed by atoms with Gasteiger partial charge in [0.15, 0.2) is 0 Å². The molecule has 0 radical (unpaired) electrons. The second-order valence-electron chi connectivity index (χ2n) is 2.67. The van der Waals surface area contributed by atoms with Crippen LogP contribution in [0.2, 0.25) is 0 Å². The summed E-state index contributed by atoms with van der Waals surface area (Å²) in [4.78, 5) is 4.14. The zero-order valence-electron chi connectivity index (χ0n) is 8.96. The first kappa shape index (κ1) is 12.4. The van der Waals surface area contributed by atoms with Crippen molar-refractivity contribution in [2.24, 2.45) is 4.99 Å². The molecule has 0 aliphatic rings. The Hall–Kier alpha value is -1.63. The standard InChI is InChI=1S/C13H17N/c1-6-10-13(11(5)14-9-4)12(7-2)8-3/h6-10H,2-4H2,1,5H3/b10-6-,14-11-. The quantitative estimate of drug-likeness (QED) is 0.458. The number of allylic oxidation sites excluding steroid dienone is 6. The number of rotatable bonds is 5. The second-order valence-corrected chi connectivity index (χ2v) is 2.67. The van der Waals surface area contributed by atoms with Gasteiger partial charge < -0.3 is 0 Å². The number of aliphatic imine (C=N–C) groups is 1. The van der Waals surface area contributed by atoms with Gasteiger partial charge in [-0.1, -0.05) is 44.0 Å². The van der Waals surface area contributed by atoms with E-state index in [2.05, 4.69) is 24.7 Å². The Balaban J connectivity index is 5.42. The van der Waals surface area contributed by atoms with Crippen molar-refractivity contribution < 1.29 is 0 Å². The lowest BCUT2D eigenvalue weighted by Gasteiger charge is -2.04. The van der Waals surface area contributed by atoms with Crippen LogP contribution in [0.4, 0.5) is 0 Å². The molecule has 1 heteroatoms. The molecule has 0 aromatic carbocycles. The molecule has 0 saturated carbocycles. The Kier molecular flexibility index (Phi) is 6.04. The van der Waals surface area contributed by atoms with E-state index in [9.17, 15) is 0 Å². The molecule has 0 aliphatic heterocycles. The fourth-order valence-electron chi connectivity index (χ4n) is 1.10. The zero-order chi connectivity index (χ0) is 11.0. The Morgan fingerprint density at radius 2 is 1.71 bits per heavy atom. The van der Waals surface area contributed by atoms with Crippen molar-refractivity contribution in [3.63, 3.8) is 0 Å². The predicted octanol–water partition coefficient (Wildman–Crippen LogP) is 3.84. The molecule has 0 heterocycles. The minimum Gasteiger partial charge on any atom is -0.262 e. The molecule has 74 valence electrons. The van der Waals surface area contributed by atoms with Crippen LogP contribution >= 0.6 is 0 Å². The summed E-state index contributed by atoms with van der Waals surface area (Å²) in [7, 11) is 0. The number of nitrogens with zero attached hydrogens (tertiary/aromatic N) is 1. The molecule has 0 amide bonds. The van der Waals surface area contributed by atoms with Gasteiger partial charge in [-0.05, 0) is 19.4 Å². The monoisotopic (exact) mass is 187 g/mol. The largest absolute Gasteiger partial charge is 0.262 e. The molecule has 0 atom stereocenters.